The normalized spacial score (nSPS) is 24.8. The molecule has 1 aliphatic heterocycles. The van der Waals surface area contributed by atoms with Crippen LogP contribution in [0.25, 0.3) is 0 Å². The van der Waals surface area contributed by atoms with Crippen LogP contribution in [0.5, 0.6) is 0 Å². The maximum atomic E-state index is 11.0. The highest BCUT2D eigenvalue weighted by Gasteiger charge is 2.25. The van der Waals surface area contributed by atoms with Crippen LogP contribution in [0, 0.1) is 0 Å². The van der Waals surface area contributed by atoms with Crippen LogP contribution in [0.4, 0.5) is 4.79 Å². The molecular weight excluding hydrogens is 142 g/mol. The lowest BCUT2D eigenvalue weighted by Gasteiger charge is -2.30. The highest BCUT2D eigenvalue weighted by Crippen LogP contribution is 2.18. The maximum absolute atomic E-state index is 11.0. The van der Waals surface area contributed by atoms with Crippen LogP contribution in [0.3, 0.4) is 0 Å². The Balaban J connectivity index is 2.73. The Morgan fingerprint density at radius 3 is 3.00 bits per heavy atom. The van der Waals surface area contributed by atoms with Crippen LogP contribution in [-0.4, -0.2) is 24.1 Å². The van der Waals surface area contributed by atoms with Crippen molar-refractivity contribution in [3.63, 3.8) is 0 Å². The Morgan fingerprint density at radius 1 is 1.82 bits per heavy atom. The molecule has 0 aromatic heterocycles. The average Bonchev–Trinajstić information content (AvgIpc) is 1.96. The number of hydrogen-bond acceptors (Lipinski definition) is 2. The van der Waals surface area contributed by atoms with Gasteiger partial charge in [-0.05, 0) is 0 Å². The minimum atomic E-state index is -0.355. The van der Waals surface area contributed by atoms with Crippen molar-refractivity contribution in [1.82, 2.24) is 4.90 Å². The molecule has 0 aromatic rings. The summed E-state index contributed by atoms with van der Waals surface area (Å²) in [5.74, 6) is 0.512. The molecule has 60 valence electrons. The van der Waals surface area contributed by atoms with Gasteiger partial charge in [-0.3, -0.25) is 0 Å². The molecule has 0 bridgehead atoms. The van der Waals surface area contributed by atoms with E-state index in [0.717, 1.165) is 0 Å². The fraction of sp³-hybridized carbons (Fsp3) is 0.375. The van der Waals surface area contributed by atoms with Crippen LogP contribution in [0.2, 0.25) is 0 Å². The summed E-state index contributed by atoms with van der Waals surface area (Å²) in [6, 6.07) is 0.0312. The second kappa shape index (κ2) is 2.78. The number of likely N-dealkylation sites (N-methyl/N-ethyl adjacent to an activating group) is 1. The summed E-state index contributed by atoms with van der Waals surface area (Å²) in [6.07, 6.45) is 2.00. The number of nitrogens with zero attached hydrogens (tertiary/aromatic N) is 1. The summed E-state index contributed by atoms with van der Waals surface area (Å²) in [5, 5.41) is 0. The topological polar surface area (TPSA) is 29.5 Å². The van der Waals surface area contributed by atoms with Gasteiger partial charge in [0.1, 0.15) is 5.76 Å². The highest BCUT2D eigenvalue weighted by molar-refractivity contribution is 5.70. The molecular formula is C8H11NO2. The zero-order chi connectivity index (χ0) is 8.43. The first-order valence-corrected chi connectivity index (χ1v) is 3.40. The summed E-state index contributed by atoms with van der Waals surface area (Å²) in [4.78, 5) is 12.5. The second-order valence-corrected chi connectivity index (χ2v) is 2.52. The molecule has 11 heavy (non-hydrogen) atoms. The van der Waals surface area contributed by atoms with Crippen LogP contribution in [0.15, 0.2) is 25.0 Å². The third-order valence-electron chi connectivity index (χ3n) is 1.73. The zero-order valence-corrected chi connectivity index (χ0v) is 6.54. The van der Waals surface area contributed by atoms with Crippen molar-refractivity contribution in [2.45, 2.75) is 12.5 Å². The largest absolute Gasteiger partial charge is 0.415 e. The molecule has 0 aromatic carbocycles. The molecule has 0 spiro atoms. The van der Waals surface area contributed by atoms with Crippen molar-refractivity contribution in [1.29, 1.82) is 0 Å². The van der Waals surface area contributed by atoms with Gasteiger partial charge in [-0.25, -0.2) is 4.79 Å². The lowest BCUT2D eigenvalue weighted by molar-refractivity contribution is 0.102. The quantitative estimate of drug-likeness (QED) is 0.534. The molecule has 1 atom stereocenters. The van der Waals surface area contributed by atoms with Gasteiger partial charge in [-0.2, -0.15) is 0 Å². The van der Waals surface area contributed by atoms with Gasteiger partial charge in [0.05, 0.1) is 6.04 Å². The van der Waals surface area contributed by atoms with Gasteiger partial charge in [-0.15, -0.1) is 6.58 Å². The van der Waals surface area contributed by atoms with E-state index in [0.29, 0.717) is 12.2 Å². The summed E-state index contributed by atoms with van der Waals surface area (Å²) >= 11 is 0. The summed E-state index contributed by atoms with van der Waals surface area (Å²) in [6.45, 7) is 7.19. The van der Waals surface area contributed by atoms with E-state index in [1.807, 2.05) is 0 Å². The number of cyclic esters (lactones) is 1. The second-order valence-electron chi connectivity index (χ2n) is 2.52. The van der Waals surface area contributed by atoms with Crippen molar-refractivity contribution in [2.24, 2.45) is 0 Å². The fourth-order valence-electron chi connectivity index (χ4n) is 0.984. The molecule has 1 aliphatic rings. The van der Waals surface area contributed by atoms with E-state index >= 15 is 0 Å². The van der Waals surface area contributed by atoms with Gasteiger partial charge < -0.3 is 9.64 Å². The molecule has 1 rings (SSSR count). The third-order valence-corrected chi connectivity index (χ3v) is 1.73. The lowest BCUT2D eigenvalue weighted by Crippen LogP contribution is -2.40. The molecule has 1 saturated heterocycles. The Morgan fingerprint density at radius 2 is 2.45 bits per heavy atom. The van der Waals surface area contributed by atoms with Crippen LogP contribution in [0.1, 0.15) is 6.42 Å². The van der Waals surface area contributed by atoms with E-state index in [2.05, 4.69) is 13.2 Å². The first-order chi connectivity index (χ1) is 5.15. The SMILES string of the molecule is C=CC1CC(=C)OC(=O)N1C. The highest BCUT2D eigenvalue weighted by atomic mass is 16.6. The lowest BCUT2D eigenvalue weighted by atomic mass is 10.1. The standard InChI is InChI=1S/C8H11NO2/c1-4-7-5-6(2)11-8(10)9(7)3/h4,7H,1-2,5H2,3H3. The van der Waals surface area contributed by atoms with E-state index in [1.165, 1.54) is 4.90 Å². The predicted molar refractivity (Wildman–Crippen MR) is 42.0 cm³/mol. The van der Waals surface area contributed by atoms with Gasteiger partial charge in [0.25, 0.3) is 0 Å². The van der Waals surface area contributed by atoms with Crippen molar-refractivity contribution in [3.05, 3.63) is 25.0 Å². The van der Waals surface area contributed by atoms with Crippen molar-refractivity contribution >= 4 is 6.09 Å². The van der Waals surface area contributed by atoms with Crippen LogP contribution < -0.4 is 0 Å². The Labute approximate surface area is 65.9 Å². The molecule has 3 heteroatoms. The van der Waals surface area contributed by atoms with Gasteiger partial charge in [0.15, 0.2) is 0 Å². The number of rotatable bonds is 1. The Hall–Kier alpha value is -1.25. The monoisotopic (exact) mass is 153 g/mol. The van der Waals surface area contributed by atoms with Crippen molar-refractivity contribution in [3.8, 4) is 0 Å². The molecule has 1 amide bonds. The molecule has 1 unspecified atom stereocenters. The minimum absolute atomic E-state index is 0.0312. The molecule has 3 nitrogen and oxygen atoms in total. The molecule has 0 aliphatic carbocycles. The third kappa shape index (κ3) is 1.42. The summed E-state index contributed by atoms with van der Waals surface area (Å²) in [7, 11) is 1.68. The number of hydrogen-bond donors (Lipinski definition) is 0. The molecule has 1 fully saturated rings. The minimum Gasteiger partial charge on any atom is -0.415 e. The summed E-state index contributed by atoms with van der Waals surface area (Å²) in [5.41, 5.74) is 0. The number of amides is 1. The Kier molecular flexibility index (Phi) is 1.98. The molecule has 0 N–H and O–H groups in total. The number of carbonyl (C=O) groups excluding carboxylic acids is 1. The molecule has 1 heterocycles. The maximum Gasteiger partial charge on any atom is 0.415 e. The van der Waals surface area contributed by atoms with E-state index in [9.17, 15) is 4.79 Å². The number of carbonyl (C=O) groups is 1. The van der Waals surface area contributed by atoms with Gasteiger partial charge >= 0.3 is 6.09 Å². The van der Waals surface area contributed by atoms with Crippen molar-refractivity contribution in [2.75, 3.05) is 7.05 Å². The number of ether oxygens (including phenoxy) is 1. The van der Waals surface area contributed by atoms with E-state index < -0.39 is 0 Å². The molecule has 0 radical (unpaired) electrons. The Bertz CT molecular complexity index is 210. The van der Waals surface area contributed by atoms with Gasteiger partial charge in [-0.1, -0.05) is 12.7 Å². The van der Waals surface area contributed by atoms with Gasteiger partial charge in [0.2, 0.25) is 0 Å². The van der Waals surface area contributed by atoms with Crippen LogP contribution >= 0.6 is 0 Å². The van der Waals surface area contributed by atoms with Crippen molar-refractivity contribution < 1.29 is 9.53 Å². The fourth-order valence-corrected chi connectivity index (χ4v) is 0.984. The van der Waals surface area contributed by atoms with Crippen LogP contribution in [-0.2, 0) is 4.74 Å². The van der Waals surface area contributed by atoms with Gasteiger partial charge in [0, 0.05) is 13.5 Å². The predicted octanol–water partition coefficient (Wildman–Crippen LogP) is 1.53. The van der Waals surface area contributed by atoms with E-state index in [-0.39, 0.29) is 12.1 Å². The zero-order valence-electron chi connectivity index (χ0n) is 6.54. The molecule has 0 saturated carbocycles. The first kappa shape index (κ1) is 7.85. The summed E-state index contributed by atoms with van der Waals surface area (Å²) < 4.78 is 4.78. The average molecular weight is 153 g/mol. The van der Waals surface area contributed by atoms with E-state index in [4.69, 9.17) is 4.74 Å². The first-order valence-electron chi connectivity index (χ1n) is 3.40. The van der Waals surface area contributed by atoms with E-state index in [1.54, 1.807) is 13.1 Å². The smallest absolute Gasteiger partial charge is 0.415 e.